The van der Waals surface area contributed by atoms with Crippen LogP contribution in [0.2, 0.25) is 0 Å². The van der Waals surface area contributed by atoms with Gasteiger partial charge in [-0.2, -0.15) is 0 Å². The third-order valence-electron chi connectivity index (χ3n) is 19.7. The lowest BCUT2D eigenvalue weighted by Crippen LogP contribution is -2.31. The number of hydrogen-bond donors (Lipinski definition) is 3. The number of rotatable bonds is 71. The van der Waals surface area contributed by atoms with Crippen LogP contribution in [0, 0.1) is 17.8 Å². The summed E-state index contributed by atoms with van der Waals surface area (Å²) in [6.07, 6.45) is 75.8. The maximum Gasteiger partial charge on any atom is 0.306 e. The summed E-state index contributed by atoms with van der Waals surface area (Å²) in [4.78, 5) is 50.0. The van der Waals surface area contributed by atoms with Crippen molar-refractivity contribution >= 4 is 23.9 Å². The molecule has 0 aromatic carbocycles. The van der Waals surface area contributed by atoms with E-state index in [1.54, 1.807) is 0 Å². The number of aliphatic hydroxyl groups is 3. The van der Waals surface area contributed by atoms with E-state index in [2.05, 4.69) is 60.6 Å². The summed E-state index contributed by atoms with van der Waals surface area (Å²) >= 11 is 0. The van der Waals surface area contributed by atoms with Crippen molar-refractivity contribution in [1.29, 1.82) is 0 Å². The fourth-order valence-electron chi connectivity index (χ4n) is 13.1. The molecule has 584 valence electrons. The number of unbranched alkanes of at least 4 members (excludes halogenated alkanes) is 41. The fraction of sp³-hybridized carbons (Fsp3) is 0.930. The zero-order valence-corrected chi connectivity index (χ0v) is 66.6. The smallest absolute Gasteiger partial charge is 0.306 e. The molecular formula is C86H168O12. The maximum absolute atomic E-state index is 12.9. The second-order valence-corrected chi connectivity index (χ2v) is 29.6. The van der Waals surface area contributed by atoms with Crippen molar-refractivity contribution in [3.63, 3.8) is 0 Å². The number of aliphatic hydroxyl groups excluding tert-OH is 3. The molecule has 0 aromatic rings. The second kappa shape index (κ2) is 83.4. The summed E-state index contributed by atoms with van der Waals surface area (Å²) in [5.74, 6) is 1.56. The number of allylic oxidation sites excluding steroid dienone is 2. The SMILES string of the molecule is CCCCCCC(C)CCCCCCCCCCC(=O)OCC(COC(=O)CCCCCCCCCCC(C)CCCCCC)OC(=O)CCCCCCCCCCC(C)CCCCCC.CCCCCCC/C=C/CCCCCCCCC(=O)OCC(O)C1CCCO1.CO.CO. The van der Waals surface area contributed by atoms with Crippen LogP contribution in [0.25, 0.3) is 0 Å². The predicted octanol–water partition coefficient (Wildman–Crippen LogP) is 24.8. The largest absolute Gasteiger partial charge is 0.463 e. The molecule has 0 bridgehead atoms. The highest BCUT2D eigenvalue weighted by Gasteiger charge is 2.25. The molecule has 12 nitrogen and oxygen atoms in total. The molecule has 1 rings (SSSR count). The molecule has 0 aliphatic carbocycles. The van der Waals surface area contributed by atoms with Crippen LogP contribution in [0.1, 0.15) is 440 Å². The summed E-state index contributed by atoms with van der Waals surface area (Å²) in [6.45, 7) is 17.0. The molecule has 12 heteroatoms. The minimum absolute atomic E-state index is 0.0648. The summed E-state index contributed by atoms with van der Waals surface area (Å²) in [7, 11) is 2.00. The average molecular weight is 1390 g/mol. The molecule has 1 saturated heterocycles. The van der Waals surface area contributed by atoms with Crippen LogP contribution >= 0.6 is 0 Å². The lowest BCUT2D eigenvalue weighted by atomic mass is 9.96. The summed E-state index contributed by atoms with van der Waals surface area (Å²) in [5, 5.41) is 23.9. The topological polar surface area (TPSA) is 175 Å². The Morgan fingerprint density at radius 1 is 0.347 bits per heavy atom. The van der Waals surface area contributed by atoms with Gasteiger partial charge < -0.3 is 39.0 Å². The van der Waals surface area contributed by atoms with Gasteiger partial charge in [0.2, 0.25) is 0 Å². The second-order valence-electron chi connectivity index (χ2n) is 29.6. The molecule has 0 saturated carbocycles. The lowest BCUT2D eigenvalue weighted by Gasteiger charge is -2.18. The molecule has 0 spiro atoms. The summed E-state index contributed by atoms with van der Waals surface area (Å²) < 4.78 is 27.5. The molecule has 0 amide bonds. The Balaban J connectivity index is -0.00000233. The van der Waals surface area contributed by atoms with Crippen molar-refractivity contribution < 1.29 is 58.2 Å². The van der Waals surface area contributed by atoms with E-state index in [1.807, 2.05) is 0 Å². The summed E-state index contributed by atoms with van der Waals surface area (Å²) in [5.41, 5.74) is 0. The zero-order valence-electron chi connectivity index (χ0n) is 66.6. The Morgan fingerprint density at radius 2 is 0.592 bits per heavy atom. The number of carbonyl (C=O) groups excluding carboxylic acids is 4. The van der Waals surface area contributed by atoms with Crippen molar-refractivity contribution in [1.82, 2.24) is 0 Å². The van der Waals surface area contributed by atoms with Gasteiger partial charge in [-0.1, -0.05) is 362 Å². The highest BCUT2D eigenvalue weighted by Crippen LogP contribution is 2.23. The minimum Gasteiger partial charge on any atom is -0.463 e. The van der Waals surface area contributed by atoms with Crippen LogP contribution in [0.3, 0.4) is 0 Å². The molecule has 0 aromatic heterocycles. The predicted molar refractivity (Wildman–Crippen MR) is 416 cm³/mol. The molecule has 1 fully saturated rings. The molecule has 98 heavy (non-hydrogen) atoms. The Kier molecular flexibility index (Phi) is 84.8. The van der Waals surface area contributed by atoms with Crippen LogP contribution in [0.5, 0.6) is 0 Å². The van der Waals surface area contributed by atoms with E-state index in [0.29, 0.717) is 32.3 Å². The number of esters is 4. The van der Waals surface area contributed by atoms with Crippen LogP contribution in [-0.2, 0) is 42.9 Å². The van der Waals surface area contributed by atoms with Crippen LogP contribution in [-0.4, -0.2) is 98.2 Å². The first-order chi connectivity index (χ1) is 47.9. The monoisotopic (exact) mass is 1390 g/mol. The van der Waals surface area contributed by atoms with E-state index in [4.69, 9.17) is 33.9 Å². The molecule has 0 radical (unpaired) electrons. The van der Waals surface area contributed by atoms with Crippen LogP contribution < -0.4 is 0 Å². The first-order valence-electron chi connectivity index (χ1n) is 42.5. The van der Waals surface area contributed by atoms with E-state index in [1.165, 1.54) is 283 Å². The normalized spacial score (nSPS) is 14.3. The highest BCUT2D eigenvalue weighted by atomic mass is 16.6. The van der Waals surface area contributed by atoms with Gasteiger partial charge in [0.15, 0.2) is 6.10 Å². The van der Waals surface area contributed by atoms with Crippen molar-refractivity contribution in [2.45, 2.75) is 458 Å². The van der Waals surface area contributed by atoms with Gasteiger partial charge in [0, 0.05) is 46.5 Å². The molecule has 1 aliphatic rings. The van der Waals surface area contributed by atoms with Gasteiger partial charge in [0.25, 0.3) is 0 Å². The molecule has 5 atom stereocenters. The Morgan fingerprint density at radius 3 is 0.878 bits per heavy atom. The number of ether oxygens (including phenoxy) is 5. The molecule has 1 heterocycles. The average Bonchev–Trinajstić information content (AvgIpc) is 2.29. The minimum atomic E-state index is -0.766. The number of carbonyl (C=O) groups is 4. The van der Waals surface area contributed by atoms with Gasteiger partial charge in [-0.15, -0.1) is 0 Å². The zero-order chi connectivity index (χ0) is 72.7. The molecule has 3 N–H and O–H groups in total. The van der Waals surface area contributed by atoms with Gasteiger partial charge >= 0.3 is 23.9 Å². The first kappa shape index (κ1) is 99.6. The van der Waals surface area contributed by atoms with Crippen LogP contribution in [0.15, 0.2) is 12.2 Å². The van der Waals surface area contributed by atoms with Crippen molar-refractivity contribution in [3.05, 3.63) is 12.2 Å². The van der Waals surface area contributed by atoms with Gasteiger partial charge in [0.05, 0.1) is 6.10 Å². The van der Waals surface area contributed by atoms with E-state index >= 15 is 0 Å². The Bertz CT molecular complexity index is 1580. The molecule has 5 unspecified atom stereocenters. The van der Waals surface area contributed by atoms with E-state index < -0.39 is 12.2 Å². The quantitative estimate of drug-likeness (QED) is 0.0228. The number of hydrogen-bond acceptors (Lipinski definition) is 12. The third-order valence-corrected chi connectivity index (χ3v) is 19.7. The summed E-state index contributed by atoms with van der Waals surface area (Å²) in [6, 6.07) is 0. The van der Waals surface area contributed by atoms with E-state index in [9.17, 15) is 24.3 Å². The molecule has 1 aliphatic heterocycles. The lowest BCUT2D eigenvalue weighted by molar-refractivity contribution is -0.167. The van der Waals surface area contributed by atoms with Crippen LogP contribution in [0.4, 0.5) is 0 Å². The fourth-order valence-corrected chi connectivity index (χ4v) is 13.1. The van der Waals surface area contributed by atoms with Gasteiger partial charge in [-0.3, -0.25) is 19.2 Å². The van der Waals surface area contributed by atoms with Crippen molar-refractivity contribution in [3.8, 4) is 0 Å². The van der Waals surface area contributed by atoms with Gasteiger partial charge in [-0.25, -0.2) is 0 Å². The third kappa shape index (κ3) is 77.6. The van der Waals surface area contributed by atoms with Crippen molar-refractivity contribution in [2.24, 2.45) is 17.8 Å². The van der Waals surface area contributed by atoms with E-state index in [-0.39, 0.29) is 49.8 Å². The Labute approximate surface area is 608 Å². The van der Waals surface area contributed by atoms with Gasteiger partial charge in [0.1, 0.15) is 25.9 Å². The highest BCUT2D eigenvalue weighted by molar-refractivity contribution is 5.71. The maximum atomic E-state index is 12.9. The standard InChI is InChI=1S/C60H116O6.C24H44O4.2CH4O/c1-7-10-13-34-43-54(4)46-37-28-22-16-19-25-31-40-49-58(61)64-52-57(66-60(63)51-42-33-27-21-18-24-30-39-48-56(6)45-36-15-12-9-3)53-65-59(62)50-41-32-26-20-17-23-29-38-47-55(5)44-35-14-11-8-2;1-2-3-4-5-6-7-8-9-10-11-12-13-14-15-16-19-24(26)28-21-22(25)23-18-17-20-27-23;2*1-2/h54-57H,7-53H2,1-6H3;8-9,22-23,25H,2-7,10-21H2,1H3;2*2H,1H3/b;9-8+;;. The molecular weight excluding hydrogens is 1220 g/mol. The van der Waals surface area contributed by atoms with Crippen molar-refractivity contribution in [2.75, 3.05) is 40.6 Å². The Hall–Kier alpha value is -2.54. The first-order valence-corrected chi connectivity index (χ1v) is 42.5. The van der Waals surface area contributed by atoms with Gasteiger partial charge in [-0.05, 0) is 82.0 Å². The van der Waals surface area contributed by atoms with E-state index in [0.717, 1.165) is 115 Å².